The van der Waals surface area contributed by atoms with Gasteiger partial charge in [0.15, 0.2) is 5.84 Å². The number of benzene rings is 6. The summed E-state index contributed by atoms with van der Waals surface area (Å²) >= 11 is 0. The van der Waals surface area contributed by atoms with Crippen molar-refractivity contribution in [1.29, 1.82) is 0 Å². The number of fused-ring (bicyclic) bond motifs is 9. The van der Waals surface area contributed by atoms with E-state index in [-0.39, 0.29) is 12.0 Å². The van der Waals surface area contributed by atoms with Crippen LogP contribution >= 0.6 is 0 Å². The van der Waals surface area contributed by atoms with Crippen molar-refractivity contribution in [3.63, 3.8) is 0 Å². The molecule has 0 amide bonds. The van der Waals surface area contributed by atoms with Gasteiger partial charge in [0.2, 0.25) is 0 Å². The lowest BCUT2D eigenvalue weighted by molar-refractivity contribution is 0.434. The first-order chi connectivity index (χ1) is 28.8. The van der Waals surface area contributed by atoms with Crippen LogP contribution in [-0.4, -0.2) is 16.5 Å². The van der Waals surface area contributed by atoms with Gasteiger partial charge in [-0.2, -0.15) is 0 Å². The zero-order chi connectivity index (χ0) is 40.3. The Morgan fingerprint density at radius 2 is 1.17 bits per heavy atom. The van der Waals surface area contributed by atoms with Crippen molar-refractivity contribution >= 4 is 11.5 Å². The minimum Gasteiger partial charge on any atom is -0.457 e. The van der Waals surface area contributed by atoms with Crippen molar-refractivity contribution in [1.82, 2.24) is 4.98 Å². The van der Waals surface area contributed by atoms with Gasteiger partial charge in [0.05, 0.1) is 22.9 Å². The number of pyridine rings is 1. The summed E-state index contributed by atoms with van der Waals surface area (Å²) in [6.07, 6.45) is 1.81. The molecule has 3 heterocycles. The molecule has 0 N–H and O–H groups in total. The van der Waals surface area contributed by atoms with Gasteiger partial charge in [-0.25, -0.2) is 4.99 Å². The molecule has 1 aliphatic carbocycles. The Kier molecular flexibility index (Phi) is 9.24. The molecule has 0 saturated heterocycles. The third-order valence-corrected chi connectivity index (χ3v) is 12.7. The Labute approximate surface area is 348 Å². The van der Waals surface area contributed by atoms with Gasteiger partial charge in [-0.1, -0.05) is 174 Å². The smallest absolute Gasteiger partial charge is 0.155 e. The highest BCUT2D eigenvalue weighted by molar-refractivity contribution is 6.12. The monoisotopic (exact) mass is 767 g/mol. The fraction of sp³-hybridized carbons (Fsp3) is 0.218. The Morgan fingerprint density at radius 3 is 1.86 bits per heavy atom. The largest absolute Gasteiger partial charge is 0.457 e. The molecule has 2 atom stereocenters. The Morgan fingerprint density at radius 1 is 0.559 bits per heavy atom. The molecular formula is C55H49N3O. The highest BCUT2D eigenvalue weighted by Crippen LogP contribution is 2.62. The van der Waals surface area contributed by atoms with E-state index in [0.717, 1.165) is 58.4 Å². The van der Waals surface area contributed by atoms with Gasteiger partial charge in [0.25, 0.3) is 0 Å². The molecule has 290 valence electrons. The second-order valence-electron chi connectivity index (χ2n) is 17.1. The summed E-state index contributed by atoms with van der Waals surface area (Å²) in [7, 11) is 0. The van der Waals surface area contributed by atoms with Gasteiger partial charge in [-0.15, -0.1) is 0 Å². The van der Waals surface area contributed by atoms with Crippen LogP contribution in [0, 0.1) is 5.92 Å². The van der Waals surface area contributed by atoms with Gasteiger partial charge < -0.3 is 4.74 Å². The fourth-order valence-corrected chi connectivity index (χ4v) is 9.73. The van der Waals surface area contributed by atoms with E-state index >= 15 is 0 Å². The van der Waals surface area contributed by atoms with E-state index < -0.39 is 5.41 Å². The van der Waals surface area contributed by atoms with Gasteiger partial charge >= 0.3 is 0 Å². The zero-order valence-electron chi connectivity index (χ0n) is 34.5. The standard InChI is InChI=1S/C55H49N3O/c1-34(2)48-32-30-41(52(56-48)35(3)4)37-24-26-38(27-25-37)49-31-23-36(5)53(58-54(57-49)39-15-7-6-8-16-39)40-28-29-43-42-17-9-10-18-44(42)55(47(43)33-40)45-19-11-13-21-50(45)59-51-22-14-12-20-46(51)55/h6-22,24-30,32-36,53H,23,31H2,1-5H3. The minimum atomic E-state index is -0.524. The lowest BCUT2D eigenvalue weighted by atomic mass is 9.66. The third-order valence-electron chi connectivity index (χ3n) is 12.7. The molecule has 2 aliphatic heterocycles. The number of amidine groups is 1. The van der Waals surface area contributed by atoms with Crippen LogP contribution in [0.15, 0.2) is 168 Å². The van der Waals surface area contributed by atoms with Crippen molar-refractivity contribution in [2.75, 3.05) is 0 Å². The average molecular weight is 768 g/mol. The molecule has 7 aromatic rings. The predicted octanol–water partition coefficient (Wildman–Crippen LogP) is 13.9. The van der Waals surface area contributed by atoms with E-state index in [2.05, 4.69) is 192 Å². The van der Waals surface area contributed by atoms with Crippen LogP contribution in [0.1, 0.15) is 116 Å². The first-order valence-electron chi connectivity index (χ1n) is 21.2. The summed E-state index contributed by atoms with van der Waals surface area (Å²) in [6.45, 7) is 11.2. The molecule has 4 nitrogen and oxygen atoms in total. The van der Waals surface area contributed by atoms with Crippen LogP contribution in [0.5, 0.6) is 11.5 Å². The maximum atomic E-state index is 6.61. The Hall–Kier alpha value is -6.39. The molecular weight excluding hydrogens is 719 g/mol. The van der Waals surface area contributed by atoms with Gasteiger partial charge in [-0.05, 0) is 87.7 Å². The number of ether oxygens (including phenoxy) is 1. The summed E-state index contributed by atoms with van der Waals surface area (Å²) in [4.78, 5) is 16.2. The maximum absolute atomic E-state index is 6.61. The zero-order valence-corrected chi connectivity index (χ0v) is 34.5. The first-order valence-corrected chi connectivity index (χ1v) is 21.2. The van der Waals surface area contributed by atoms with Gasteiger partial charge in [0.1, 0.15) is 11.5 Å². The number of para-hydroxylation sites is 2. The van der Waals surface area contributed by atoms with Crippen LogP contribution in [0.3, 0.4) is 0 Å². The number of aromatic nitrogens is 1. The Balaban J connectivity index is 1.09. The van der Waals surface area contributed by atoms with Crippen LogP contribution < -0.4 is 4.74 Å². The number of rotatable bonds is 6. The molecule has 10 rings (SSSR count). The van der Waals surface area contributed by atoms with Crippen molar-refractivity contribution in [2.45, 2.75) is 70.8 Å². The molecule has 4 heteroatoms. The van der Waals surface area contributed by atoms with Gasteiger partial charge in [-0.3, -0.25) is 9.98 Å². The molecule has 0 bridgehead atoms. The number of hydrogen-bond acceptors (Lipinski definition) is 4. The minimum absolute atomic E-state index is 0.0926. The lowest BCUT2D eigenvalue weighted by Crippen LogP contribution is -2.32. The van der Waals surface area contributed by atoms with Crippen molar-refractivity contribution in [2.24, 2.45) is 15.9 Å². The van der Waals surface area contributed by atoms with E-state index in [1.165, 1.54) is 50.1 Å². The van der Waals surface area contributed by atoms with Crippen molar-refractivity contribution < 1.29 is 4.74 Å². The highest BCUT2D eigenvalue weighted by Gasteiger charge is 2.51. The SMILES string of the molecule is CC(C)c1ccc(-c2ccc(C3=NC(c4ccccc4)=NC(c4ccc5c(c4)C4(c6ccccc6Oc6ccccc64)c4ccccc4-5)C(C)CC3)cc2)c(C(C)C)n1. The molecule has 1 spiro atoms. The Bertz CT molecular complexity index is 2730. The van der Waals surface area contributed by atoms with E-state index in [9.17, 15) is 0 Å². The van der Waals surface area contributed by atoms with Crippen LogP contribution in [-0.2, 0) is 5.41 Å². The number of aliphatic imine (C=N–C) groups is 2. The molecule has 1 aromatic heterocycles. The van der Waals surface area contributed by atoms with Crippen LogP contribution in [0.25, 0.3) is 22.3 Å². The van der Waals surface area contributed by atoms with E-state index in [0.29, 0.717) is 11.8 Å². The fourth-order valence-electron chi connectivity index (χ4n) is 9.73. The topological polar surface area (TPSA) is 46.8 Å². The summed E-state index contributed by atoms with van der Waals surface area (Å²) in [5.74, 6) is 3.55. The first kappa shape index (κ1) is 36.9. The normalized spacial score (nSPS) is 17.5. The quantitative estimate of drug-likeness (QED) is 0.169. The lowest BCUT2D eigenvalue weighted by Gasteiger charge is -2.39. The molecule has 3 aliphatic rings. The molecule has 59 heavy (non-hydrogen) atoms. The summed E-state index contributed by atoms with van der Waals surface area (Å²) in [5, 5.41) is 0. The maximum Gasteiger partial charge on any atom is 0.155 e. The molecule has 0 radical (unpaired) electrons. The highest BCUT2D eigenvalue weighted by atomic mass is 16.5. The third kappa shape index (κ3) is 6.16. The molecule has 0 saturated carbocycles. The predicted molar refractivity (Wildman–Crippen MR) is 242 cm³/mol. The van der Waals surface area contributed by atoms with Gasteiger partial charge in [0, 0.05) is 27.9 Å². The van der Waals surface area contributed by atoms with Crippen molar-refractivity contribution in [3.8, 4) is 33.8 Å². The van der Waals surface area contributed by atoms with E-state index in [1.807, 2.05) is 0 Å². The molecule has 6 aromatic carbocycles. The second-order valence-corrected chi connectivity index (χ2v) is 17.1. The number of hydrogen-bond donors (Lipinski definition) is 0. The van der Waals surface area contributed by atoms with Crippen molar-refractivity contribution in [3.05, 3.63) is 208 Å². The molecule has 0 fully saturated rings. The van der Waals surface area contributed by atoms with E-state index in [1.54, 1.807) is 0 Å². The summed E-state index contributed by atoms with van der Waals surface area (Å²) in [5.41, 5.74) is 16.0. The summed E-state index contributed by atoms with van der Waals surface area (Å²) in [6, 6.07) is 57.0. The van der Waals surface area contributed by atoms with Crippen LogP contribution in [0.2, 0.25) is 0 Å². The van der Waals surface area contributed by atoms with Crippen LogP contribution in [0.4, 0.5) is 0 Å². The molecule has 2 unspecified atom stereocenters. The average Bonchev–Trinajstić information content (AvgIpc) is 3.55. The summed E-state index contributed by atoms with van der Waals surface area (Å²) < 4.78 is 6.61. The number of nitrogens with zero attached hydrogens (tertiary/aromatic N) is 3. The second kappa shape index (κ2) is 14.8. The van der Waals surface area contributed by atoms with E-state index in [4.69, 9.17) is 19.7 Å².